The van der Waals surface area contributed by atoms with Crippen LogP contribution in [0.5, 0.6) is 5.75 Å². The maximum absolute atomic E-state index is 12.1. The van der Waals surface area contributed by atoms with E-state index in [1.165, 1.54) is 18.2 Å². The minimum Gasteiger partial charge on any atom is -0.507 e. The van der Waals surface area contributed by atoms with Crippen molar-refractivity contribution in [2.75, 3.05) is 19.0 Å². The van der Waals surface area contributed by atoms with E-state index in [1.807, 2.05) is 25.1 Å². The van der Waals surface area contributed by atoms with Crippen LogP contribution >= 0.6 is 11.6 Å². The standard InChI is InChI=1S/C16H16ClN3O3/c1-20(2)12-5-3-4-10(8-12)15(22)18-19-16(23)13-9-11(17)6-7-14(13)21/h3-9,21H,1-2H3,(H,18,22)(H,19,23). The highest BCUT2D eigenvalue weighted by molar-refractivity contribution is 6.31. The first-order valence-corrected chi connectivity index (χ1v) is 7.13. The minimum absolute atomic E-state index is 0.0279. The van der Waals surface area contributed by atoms with Gasteiger partial charge in [-0.2, -0.15) is 0 Å². The third-order valence-electron chi connectivity index (χ3n) is 3.12. The fraction of sp³-hybridized carbons (Fsp3) is 0.125. The van der Waals surface area contributed by atoms with Gasteiger partial charge >= 0.3 is 0 Å². The summed E-state index contributed by atoms with van der Waals surface area (Å²) in [4.78, 5) is 25.9. The lowest BCUT2D eigenvalue weighted by Gasteiger charge is -2.14. The second-order valence-corrected chi connectivity index (χ2v) is 5.45. The zero-order chi connectivity index (χ0) is 17.0. The number of hydrogen-bond acceptors (Lipinski definition) is 4. The third kappa shape index (κ3) is 4.14. The quantitative estimate of drug-likeness (QED) is 0.752. The number of nitrogens with zero attached hydrogens (tertiary/aromatic N) is 1. The van der Waals surface area contributed by atoms with Gasteiger partial charge < -0.3 is 10.0 Å². The number of carbonyl (C=O) groups is 2. The van der Waals surface area contributed by atoms with Crippen LogP contribution in [0.1, 0.15) is 20.7 Å². The van der Waals surface area contributed by atoms with Gasteiger partial charge in [-0.3, -0.25) is 20.4 Å². The molecule has 0 unspecified atom stereocenters. The number of hydrazine groups is 1. The average Bonchev–Trinajstić information content (AvgIpc) is 2.54. The number of carbonyl (C=O) groups excluding carboxylic acids is 2. The smallest absolute Gasteiger partial charge is 0.273 e. The van der Waals surface area contributed by atoms with E-state index in [4.69, 9.17) is 11.6 Å². The van der Waals surface area contributed by atoms with Crippen LogP contribution in [0.15, 0.2) is 42.5 Å². The molecule has 0 saturated carbocycles. The molecule has 0 aromatic heterocycles. The van der Waals surface area contributed by atoms with Gasteiger partial charge in [0.25, 0.3) is 11.8 Å². The minimum atomic E-state index is -0.665. The maximum Gasteiger partial charge on any atom is 0.273 e. The zero-order valence-corrected chi connectivity index (χ0v) is 13.4. The normalized spacial score (nSPS) is 10.0. The van der Waals surface area contributed by atoms with Crippen molar-refractivity contribution in [3.05, 3.63) is 58.6 Å². The molecular formula is C16H16ClN3O3. The molecular weight excluding hydrogens is 318 g/mol. The van der Waals surface area contributed by atoms with Crippen molar-refractivity contribution < 1.29 is 14.7 Å². The fourth-order valence-electron chi connectivity index (χ4n) is 1.87. The van der Waals surface area contributed by atoms with Gasteiger partial charge in [-0.15, -0.1) is 0 Å². The second kappa shape index (κ2) is 7.02. The first-order chi connectivity index (χ1) is 10.9. The Morgan fingerprint density at radius 3 is 2.43 bits per heavy atom. The number of halogens is 1. The lowest BCUT2D eigenvalue weighted by atomic mass is 10.2. The number of phenols is 1. The van der Waals surface area contributed by atoms with Crippen molar-refractivity contribution in [1.82, 2.24) is 10.9 Å². The molecule has 0 aliphatic rings. The molecule has 2 amide bonds. The summed E-state index contributed by atoms with van der Waals surface area (Å²) in [5.74, 6) is -1.36. The summed E-state index contributed by atoms with van der Waals surface area (Å²) in [6.45, 7) is 0. The van der Waals surface area contributed by atoms with Gasteiger partial charge in [-0.25, -0.2) is 0 Å². The van der Waals surface area contributed by atoms with E-state index < -0.39 is 11.8 Å². The molecule has 6 nitrogen and oxygen atoms in total. The Morgan fingerprint density at radius 1 is 1.04 bits per heavy atom. The molecule has 120 valence electrons. The Morgan fingerprint density at radius 2 is 1.74 bits per heavy atom. The molecule has 0 aliphatic heterocycles. The van der Waals surface area contributed by atoms with E-state index in [0.29, 0.717) is 10.6 Å². The lowest BCUT2D eigenvalue weighted by Crippen LogP contribution is -2.41. The predicted octanol–water partition coefficient (Wildman–Crippen LogP) is 2.19. The van der Waals surface area contributed by atoms with E-state index in [9.17, 15) is 14.7 Å². The number of benzene rings is 2. The van der Waals surface area contributed by atoms with E-state index in [2.05, 4.69) is 10.9 Å². The van der Waals surface area contributed by atoms with Crippen LogP contribution in [0.2, 0.25) is 5.02 Å². The van der Waals surface area contributed by atoms with Crippen molar-refractivity contribution in [2.45, 2.75) is 0 Å². The number of rotatable bonds is 3. The highest BCUT2D eigenvalue weighted by Gasteiger charge is 2.13. The average molecular weight is 334 g/mol. The van der Waals surface area contributed by atoms with Crippen molar-refractivity contribution in [1.29, 1.82) is 0 Å². The van der Waals surface area contributed by atoms with Gasteiger partial charge in [0.2, 0.25) is 0 Å². The summed E-state index contributed by atoms with van der Waals surface area (Å²) < 4.78 is 0. The van der Waals surface area contributed by atoms with E-state index in [1.54, 1.807) is 18.2 Å². The highest BCUT2D eigenvalue weighted by Crippen LogP contribution is 2.21. The molecule has 0 fully saturated rings. The molecule has 0 atom stereocenters. The molecule has 0 spiro atoms. The Balaban J connectivity index is 2.05. The van der Waals surface area contributed by atoms with Crippen LogP contribution in [0.4, 0.5) is 5.69 Å². The Kier molecular flexibility index (Phi) is 5.08. The monoisotopic (exact) mass is 333 g/mol. The second-order valence-electron chi connectivity index (χ2n) is 5.01. The van der Waals surface area contributed by atoms with Crippen LogP contribution in [0, 0.1) is 0 Å². The van der Waals surface area contributed by atoms with Crippen molar-refractivity contribution in [3.63, 3.8) is 0 Å². The number of hydrogen-bond donors (Lipinski definition) is 3. The molecule has 7 heteroatoms. The van der Waals surface area contributed by atoms with Crippen LogP contribution in [0.3, 0.4) is 0 Å². The third-order valence-corrected chi connectivity index (χ3v) is 3.35. The van der Waals surface area contributed by atoms with Gasteiger partial charge in [-0.1, -0.05) is 17.7 Å². The largest absolute Gasteiger partial charge is 0.507 e. The summed E-state index contributed by atoms with van der Waals surface area (Å²) in [5.41, 5.74) is 5.77. The molecule has 2 rings (SSSR count). The van der Waals surface area contributed by atoms with Gasteiger partial charge in [0.05, 0.1) is 5.56 Å². The number of phenolic OH excluding ortho intramolecular Hbond substituents is 1. The van der Waals surface area contributed by atoms with Crippen molar-refractivity contribution >= 4 is 29.1 Å². The topological polar surface area (TPSA) is 81.7 Å². The SMILES string of the molecule is CN(C)c1cccc(C(=O)NNC(=O)c2cc(Cl)ccc2O)c1. The predicted molar refractivity (Wildman–Crippen MR) is 88.8 cm³/mol. The molecule has 23 heavy (non-hydrogen) atoms. The van der Waals surface area contributed by atoms with E-state index in [0.717, 1.165) is 5.69 Å². The summed E-state index contributed by atoms with van der Waals surface area (Å²) in [7, 11) is 3.72. The first-order valence-electron chi connectivity index (χ1n) is 6.75. The Labute approximate surface area is 138 Å². The fourth-order valence-corrected chi connectivity index (χ4v) is 2.04. The first kappa shape index (κ1) is 16.6. The summed E-state index contributed by atoms with van der Waals surface area (Å²) in [6, 6.07) is 11.0. The lowest BCUT2D eigenvalue weighted by molar-refractivity contribution is 0.0845. The molecule has 0 heterocycles. The molecule has 3 N–H and O–H groups in total. The number of aromatic hydroxyl groups is 1. The number of amides is 2. The van der Waals surface area contributed by atoms with Crippen molar-refractivity contribution in [2.24, 2.45) is 0 Å². The van der Waals surface area contributed by atoms with E-state index in [-0.39, 0.29) is 11.3 Å². The molecule has 0 bridgehead atoms. The van der Waals surface area contributed by atoms with Crippen molar-refractivity contribution in [3.8, 4) is 5.75 Å². The van der Waals surface area contributed by atoms with Gasteiger partial charge in [0.15, 0.2) is 0 Å². The van der Waals surface area contributed by atoms with Gasteiger partial charge in [0.1, 0.15) is 5.75 Å². The Hall–Kier alpha value is -2.73. The van der Waals surface area contributed by atoms with Gasteiger partial charge in [-0.05, 0) is 36.4 Å². The van der Waals surface area contributed by atoms with Crippen LogP contribution in [-0.2, 0) is 0 Å². The van der Waals surface area contributed by atoms with Gasteiger partial charge in [0, 0.05) is 30.4 Å². The van der Waals surface area contributed by atoms with Crippen LogP contribution in [-0.4, -0.2) is 31.0 Å². The maximum atomic E-state index is 12.1. The Bertz CT molecular complexity index is 747. The zero-order valence-electron chi connectivity index (χ0n) is 12.6. The molecule has 0 saturated heterocycles. The molecule has 0 radical (unpaired) electrons. The summed E-state index contributed by atoms with van der Waals surface area (Å²) in [5, 5.41) is 9.95. The molecule has 0 aliphatic carbocycles. The summed E-state index contributed by atoms with van der Waals surface area (Å²) in [6.07, 6.45) is 0. The van der Waals surface area contributed by atoms with E-state index >= 15 is 0 Å². The number of nitrogens with one attached hydrogen (secondary N) is 2. The van der Waals surface area contributed by atoms with Crippen LogP contribution < -0.4 is 15.8 Å². The number of anilines is 1. The summed E-state index contributed by atoms with van der Waals surface area (Å²) >= 11 is 5.78. The highest BCUT2D eigenvalue weighted by atomic mass is 35.5. The molecule has 2 aromatic carbocycles. The van der Waals surface area contributed by atoms with Crippen LogP contribution in [0.25, 0.3) is 0 Å². The molecule has 2 aromatic rings.